The summed E-state index contributed by atoms with van der Waals surface area (Å²) < 4.78 is 5.23. The lowest BCUT2D eigenvalue weighted by Crippen LogP contribution is -2.31. The van der Waals surface area contributed by atoms with Crippen LogP contribution in [-0.2, 0) is 4.79 Å². The van der Waals surface area contributed by atoms with Crippen molar-refractivity contribution in [2.45, 2.75) is 19.9 Å². The standard InChI is InChI=1S/C16H18N2O3/c1-11(15-4-3-9-21-15)18-16(20)10-17-14-7-5-13(6-8-14)12(2)19/h3-9,11,17H,10H2,1-2H3,(H,18,20). The van der Waals surface area contributed by atoms with Gasteiger partial charge in [-0.3, -0.25) is 9.59 Å². The Morgan fingerprint density at radius 1 is 1.19 bits per heavy atom. The number of amides is 1. The van der Waals surface area contributed by atoms with Crippen LogP contribution < -0.4 is 10.6 Å². The van der Waals surface area contributed by atoms with Gasteiger partial charge in [0.15, 0.2) is 5.78 Å². The molecule has 1 aromatic heterocycles. The highest BCUT2D eigenvalue weighted by Gasteiger charge is 2.11. The van der Waals surface area contributed by atoms with E-state index in [1.807, 2.05) is 13.0 Å². The molecule has 21 heavy (non-hydrogen) atoms. The average Bonchev–Trinajstić information content (AvgIpc) is 3.00. The van der Waals surface area contributed by atoms with Gasteiger partial charge in [-0.15, -0.1) is 0 Å². The Bertz CT molecular complexity index is 603. The summed E-state index contributed by atoms with van der Waals surface area (Å²) in [5.41, 5.74) is 1.44. The Kier molecular flexibility index (Phi) is 4.77. The minimum atomic E-state index is -0.172. The van der Waals surface area contributed by atoms with E-state index in [0.29, 0.717) is 11.3 Å². The second-order valence-electron chi connectivity index (χ2n) is 4.79. The number of hydrogen-bond donors (Lipinski definition) is 2. The first-order valence-corrected chi connectivity index (χ1v) is 6.74. The predicted molar refractivity (Wildman–Crippen MR) is 80.2 cm³/mol. The molecule has 5 nitrogen and oxygen atoms in total. The van der Waals surface area contributed by atoms with Crippen molar-refractivity contribution in [1.29, 1.82) is 0 Å². The smallest absolute Gasteiger partial charge is 0.239 e. The van der Waals surface area contributed by atoms with Crippen LogP contribution in [0.25, 0.3) is 0 Å². The van der Waals surface area contributed by atoms with Crippen molar-refractivity contribution < 1.29 is 14.0 Å². The highest BCUT2D eigenvalue weighted by molar-refractivity contribution is 5.94. The number of rotatable bonds is 6. The second-order valence-corrected chi connectivity index (χ2v) is 4.79. The van der Waals surface area contributed by atoms with Crippen molar-refractivity contribution in [1.82, 2.24) is 5.32 Å². The molecule has 1 amide bonds. The van der Waals surface area contributed by atoms with Crippen molar-refractivity contribution in [2.24, 2.45) is 0 Å². The third-order valence-corrected chi connectivity index (χ3v) is 3.09. The molecule has 0 spiro atoms. The zero-order chi connectivity index (χ0) is 15.2. The molecule has 1 unspecified atom stereocenters. The number of carbonyl (C=O) groups is 2. The topological polar surface area (TPSA) is 71.3 Å². The Morgan fingerprint density at radius 2 is 1.90 bits per heavy atom. The van der Waals surface area contributed by atoms with E-state index < -0.39 is 0 Å². The minimum absolute atomic E-state index is 0.0200. The first-order chi connectivity index (χ1) is 10.1. The normalized spacial score (nSPS) is 11.7. The first kappa shape index (κ1) is 14.8. The summed E-state index contributed by atoms with van der Waals surface area (Å²) in [7, 11) is 0. The molecule has 0 aliphatic rings. The Balaban J connectivity index is 1.82. The van der Waals surface area contributed by atoms with Gasteiger partial charge in [0.25, 0.3) is 0 Å². The zero-order valence-corrected chi connectivity index (χ0v) is 12.1. The van der Waals surface area contributed by atoms with Gasteiger partial charge in [0.1, 0.15) is 5.76 Å². The van der Waals surface area contributed by atoms with Gasteiger partial charge in [-0.05, 0) is 50.2 Å². The number of ketones is 1. The van der Waals surface area contributed by atoms with Gasteiger partial charge in [-0.25, -0.2) is 0 Å². The van der Waals surface area contributed by atoms with Crippen LogP contribution in [0, 0.1) is 0 Å². The lowest BCUT2D eigenvalue weighted by Gasteiger charge is -2.12. The Morgan fingerprint density at radius 3 is 2.48 bits per heavy atom. The van der Waals surface area contributed by atoms with E-state index in [9.17, 15) is 9.59 Å². The molecule has 0 radical (unpaired) electrons. The largest absolute Gasteiger partial charge is 0.467 e. The van der Waals surface area contributed by atoms with E-state index >= 15 is 0 Å². The molecule has 110 valence electrons. The van der Waals surface area contributed by atoms with Crippen LogP contribution in [0.5, 0.6) is 0 Å². The summed E-state index contributed by atoms with van der Waals surface area (Å²) >= 11 is 0. The van der Waals surface area contributed by atoms with Crippen LogP contribution >= 0.6 is 0 Å². The lowest BCUT2D eigenvalue weighted by atomic mass is 10.1. The summed E-state index contributed by atoms with van der Waals surface area (Å²) in [4.78, 5) is 23.0. The Labute approximate surface area is 123 Å². The van der Waals surface area contributed by atoms with Crippen LogP contribution in [0.2, 0.25) is 0 Å². The van der Waals surface area contributed by atoms with Gasteiger partial charge in [-0.2, -0.15) is 0 Å². The summed E-state index contributed by atoms with van der Waals surface area (Å²) in [5, 5.41) is 5.84. The molecule has 1 heterocycles. The monoisotopic (exact) mass is 286 g/mol. The fraction of sp³-hybridized carbons (Fsp3) is 0.250. The van der Waals surface area contributed by atoms with E-state index in [1.165, 1.54) is 6.92 Å². The fourth-order valence-corrected chi connectivity index (χ4v) is 1.91. The number of hydrogen-bond acceptors (Lipinski definition) is 4. The third-order valence-electron chi connectivity index (χ3n) is 3.09. The quantitative estimate of drug-likeness (QED) is 0.801. The predicted octanol–water partition coefficient (Wildman–Crippen LogP) is 2.77. The molecule has 0 saturated heterocycles. The molecule has 2 rings (SSSR count). The van der Waals surface area contributed by atoms with Gasteiger partial charge in [0, 0.05) is 11.3 Å². The molecular weight excluding hydrogens is 268 g/mol. The summed E-state index contributed by atoms with van der Waals surface area (Å²) in [6.07, 6.45) is 1.58. The fourth-order valence-electron chi connectivity index (χ4n) is 1.91. The lowest BCUT2D eigenvalue weighted by molar-refractivity contribution is -0.120. The van der Waals surface area contributed by atoms with Crippen molar-refractivity contribution in [3.8, 4) is 0 Å². The van der Waals surface area contributed by atoms with Gasteiger partial charge in [0.05, 0.1) is 18.8 Å². The number of furan rings is 1. The van der Waals surface area contributed by atoms with Crippen LogP contribution in [0.1, 0.15) is 36.0 Å². The van der Waals surface area contributed by atoms with Gasteiger partial charge >= 0.3 is 0 Å². The molecule has 0 fully saturated rings. The van der Waals surface area contributed by atoms with Crippen LogP contribution in [0.3, 0.4) is 0 Å². The number of nitrogens with one attached hydrogen (secondary N) is 2. The van der Waals surface area contributed by atoms with Gasteiger partial charge in [0.2, 0.25) is 5.91 Å². The van der Waals surface area contributed by atoms with E-state index in [0.717, 1.165) is 5.69 Å². The number of benzene rings is 1. The maximum atomic E-state index is 11.8. The molecule has 1 atom stereocenters. The van der Waals surface area contributed by atoms with E-state index in [4.69, 9.17) is 4.42 Å². The number of carbonyl (C=O) groups excluding carboxylic acids is 2. The van der Waals surface area contributed by atoms with E-state index in [1.54, 1.807) is 36.6 Å². The Hall–Kier alpha value is -2.56. The molecule has 0 aliphatic heterocycles. The molecule has 2 N–H and O–H groups in total. The summed E-state index contributed by atoms with van der Waals surface area (Å²) in [6.45, 7) is 3.54. The third kappa shape index (κ3) is 4.21. The van der Waals surface area contributed by atoms with Crippen LogP contribution in [0.15, 0.2) is 47.1 Å². The second kappa shape index (κ2) is 6.74. The molecule has 2 aromatic rings. The zero-order valence-electron chi connectivity index (χ0n) is 12.1. The molecular formula is C16H18N2O3. The summed E-state index contributed by atoms with van der Waals surface area (Å²) in [6, 6.07) is 10.4. The van der Waals surface area contributed by atoms with Crippen molar-refractivity contribution in [3.05, 3.63) is 54.0 Å². The molecule has 0 bridgehead atoms. The summed E-state index contributed by atoms with van der Waals surface area (Å²) in [5.74, 6) is 0.607. The van der Waals surface area contributed by atoms with Crippen LogP contribution in [-0.4, -0.2) is 18.2 Å². The minimum Gasteiger partial charge on any atom is -0.467 e. The van der Waals surface area contributed by atoms with Crippen molar-refractivity contribution >= 4 is 17.4 Å². The highest BCUT2D eigenvalue weighted by Crippen LogP contribution is 2.12. The maximum absolute atomic E-state index is 11.8. The van der Waals surface area contributed by atoms with Crippen LogP contribution in [0.4, 0.5) is 5.69 Å². The van der Waals surface area contributed by atoms with E-state index in [2.05, 4.69) is 10.6 Å². The molecule has 5 heteroatoms. The number of anilines is 1. The number of Topliss-reactive ketones (excluding diaryl/α,β-unsaturated/α-hetero) is 1. The van der Waals surface area contributed by atoms with Crippen molar-refractivity contribution in [2.75, 3.05) is 11.9 Å². The van der Waals surface area contributed by atoms with Gasteiger partial charge < -0.3 is 15.1 Å². The maximum Gasteiger partial charge on any atom is 0.239 e. The molecule has 0 aliphatic carbocycles. The average molecular weight is 286 g/mol. The van der Waals surface area contributed by atoms with Gasteiger partial charge in [-0.1, -0.05) is 0 Å². The SMILES string of the molecule is CC(=O)c1ccc(NCC(=O)NC(C)c2ccco2)cc1. The van der Waals surface area contributed by atoms with E-state index in [-0.39, 0.29) is 24.3 Å². The first-order valence-electron chi connectivity index (χ1n) is 6.74. The highest BCUT2D eigenvalue weighted by atomic mass is 16.3. The molecule has 1 aromatic carbocycles. The molecule has 0 saturated carbocycles. The van der Waals surface area contributed by atoms with Crippen molar-refractivity contribution in [3.63, 3.8) is 0 Å².